The summed E-state index contributed by atoms with van der Waals surface area (Å²) in [6, 6.07) is 5.62. The number of nitrogens with zero attached hydrogens (tertiary/aromatic N) is 2. The first kappa shape index (κ1) is 6.74. The van der Waals surface area contributed by atoms with Gasteiger partial charge < -0.3 is 5.84 Å². The van der Waals surface area contributed by atoms with Gasteiger partial charge in [-0.2, -0.15) is 5.10 Å². The molecule has 0 spiro atoms. The summed E-state index contributed by atoms with van der Waals surface area (Å²) in [5.74, 6) is 5.05. The minimum Gasteiger partial charge on any atom is -0.323 e. The van der Waals surface area contributed by atoms with Gasteiger partial charge in [-0.1, -0.05) is 6.07 Å². The molecule has 0 aliphatic rings. The molecule has 1 heterocycles. The zero-order valence-corrected chi connectivity index (χ0v) is 5.78. The van der Waals surface area contributed by atoms with Gasteiger partial charge in [0.25, 0.3) is 0 Å². The van der Waals surface area contributed by atoms with E-state index in [9.17, 15) is 0 Å². The predicted molar refractivity (Wildman–Crippen MR) is 40.6 cm³/mol. The second-order valence-corrected chi connectivity index (χ2v) is 1.93. The van der Waals surface area contributed by atoms with Gasteiger partial charge in [0, 0.05) is 6.20 Å². The van der Waals surface area contributed by atoms with Crippen LogP contribution in [0, 0.1) is 0 Å². The van der Waals surface area contributed by atoms with Crippen LogP contribution in [0.4, 0.5) is 0 Å². The molecular formula is C7H9N3. The van der Waals surface area contributed by atoms with E-state index in [4.69, 9.17) is 5.84 Å². The molecule has 0 aliphatic heterocycles. The molecule has 2 N–H and O–H groups in total. The van der Waals surface area contributed by atoms with Crippen molar-refractivity contribution in [3.05, 3.63) is 30.1 Å². The van der Waals surface area contributed by atoms with Gasteiger partial charge in [-0.25, -0.2) is 0 Å². The van der Waals surface area contributed by atoms with Crippen molar-refractivity contribution in [1.29, 1.82) is 0 Å². The minimum atomic E-state index is 0.751. The van der Waals surface area contributed by atoms with E-state index in [1.165, 1.54) is 0 Å². The molecule has 10 heavy (non-hydrogen) atoms. The van der Waals surface area contributed by atoms with E-state index in [-0.39, 0.29) is 0 Å². The molecule has 52 valence electrons. The van der Waals surface area contributed by atoms with Crippen LogP contribution in [0.3, 0.4) is 0 Å². The average Bonchev–Trinajstić information content (AvgIpc) is 2.05. The Hall–Kier alpha value is -1.38. The maximum absolute atomic E-state index is 5.05. The van der Waals surface area contributed by atoms with Crippen LogP contribution in [0.25, 0.3) is 0 Å². The molecule has 0 radical (unpaired) electrons. The van der Waals surface area contributed by atoms with Gasteiger partial charge in [0.1, 0.15) is 0 Å². The standard InChI is InChI=1S/C7H9N3/c1-6(10-8)7-4-2-3-5-9-7/h2-5H,8H2,1H3. The molecule has 0 atom stereocenters. The number of hydrogen-bond donors (Lipinski definition) is 1. The predicted octanol–water partition coefficient (Wildman–Crippen LogP) is 0.764. The SMILES string of the molecule is CC(=NN)c1ccccn1. The van der Waals surface area contributed by atoms with Crippen LogP contribution in [0.5, 0.6) is 0 Å². The van der Waals surface area contributed by atoms with E-state index in [1.54, 1.807) is 6.20 Å². The van der Waals surface area contributed by atoms with Crippen molar-refractivity contribution in [2.75, 3.05) is 0 Å². The molecular weight excluding hydrogens is 126 g/mol. The fourth-order valence-electron chi connectivity index (χ4n) is 0.643. The lowest BCUT2D eigenvalue weighted by Crippen LogP contribution is -2.00. The second kappa shape index (κ2) is 2.96. The summed E-state index contributed by atoms with van der Waals surface area (Å²) in [7, 11) is 0. The van der Waals surface area contributed by atoms with E-state index in [0.717, 1.165) is 11.4 Å². The molecule has 3 heteroatoms. The molecule has 0 unspecified atom stereocenters. The number of pyridine rings is 1. The van der Waals surface area contributed by atoms with E-state index in [0.29, 0.717) is 0 Å². The first-order valence-corrected chi connectivity index (χ1v) is 3.00. The molecule has 0 aliphatic carbocycles. The first-order chi connectivity index (χ1) is 4.84. The van der Waals surface area contributed by atoms with Crippen molar-refractivity contribution in [3.8, 4) is 0 Å². The zero-order valence-electron chi connectivity index (χ0n) is 5.78. The average molecular weight is 135 g/mol. The number of nitrogens with two attached hydrogens (primary N) is 1. The Labute approximate surface area is 59.6 Å². The third-order valence-corrected chi connectivity index (χ3v) is 1.23. The van der Waals surface area contributed by atoms with E-state index in [1.807, 2.05) is 25.1 Å². The highest BCUT2D eigenvalue weighted by Gasteiger charge is 1.93. The van der Waals surface area contributed by atoms with Crippen molar-refractivity contribution in [2.45, 2.75) is 6.92 Å². The number of rotatable bonds is 1. The van der Waals surface area contributed by atoms with E-state index < -0.39 is 0 Å². The lowest BCUT2D eigenvalue weighted by molar-refractivity contribution is 1.20. The van der Waals surface area contributed by atoms with Crippen LogP contribution in [-0.4, -0.2) is 10.7 Å². The van der Waals surface area contributed by atoms with Gasteiger partial charge in [-0.3, -0.25) is 4.98 Å². The first-order valence-electron chi connectivity index (χ1n) is 3.00. The molecule has 0 saturated heterocycles. The topological polar surface area (TPSA) is 51.3 Å². The molecule has 0 saturated carbocycles. The third-order valence-electron chi connectivity index (χ3n) is 1.23. The zero-order chi connectivity index (χ0) is 7.40. The molecule has 0 fully saturated rings. The van der Waals surface area contributed by atoms with Gasteiger partial charge in [-0.05, 0) is 19.1 Å². The van der Waals surface area contributed by atoms with Crippen molar-refractivity contribution < 1.29 is 0 Å². The summed E-state index contributed by atoms with van der Waals surface area (Å²) in [5, 5.41) is 3.51. The summed E-state index contributed by atoms with van der Waals surface area (Å²) < 4.78 is 0. The summed E-state index contributed by atoms with van der Waals surface area (Å²) in [6.45, 7) is 1.82. The van der Waals surface area contributed by atoms with Crippen LogP contribution in [0.15, 0.2) is 29.5 Å². The summed E-state index contributed by atoms with van der Waals surface area (Å²) in [4.78, 5) is 4.04. The molecule has 1 aromatic rings. The Morgan fingerprint density at radius 3 is 2.90 bits per heavy atom. The molecule has 1 rings (SSSR count). The molecule has 0 amide bonds. The van der Waals surface area contributed by atoms with Crippen LogP contribution < -0.4 is 5.84 Å². The fraction of sp³-hybridized carbons (Fsp3) is 0.143. The molecule has 1 aromatic heterocycles. The van der Waals surface area contributed by atoms with Gasteiger partial charge in [0.05, 0.1) is 11.4 Å². The van der Waals surface area contributed by atoms with Gasteiger partial charge in [0.2, 0.25) is 0 Å². The van der Waals surface area contributed by atoms with Crippen LogP contribution in [0.1, 0.15) is 12.6 Å². The Balaban J connectivity index is 2.96. The van der Waals surface area contributed by atoms with Crippen molar-refractivity contribution >= 4 is 5.71 Å². The summed E-state index contributed by atoms with van der Waals surface area (Å²) >= 11 is 0. The second-order valence-electron chi connectivity index (χ2n) is 1.93. The maximum Gasteiger partial charge on any atom is 0.0859 e. The Morgan fingerprint density at radius 1 is 1.60 bits per heavy atom. The smallest absolute Gasteiger partial charge is 0.0859 e. The van der Waals surface area contributed by atoms with E-state index >= 15 is 0 Å². The normalized spacial score (nSPS) is 11.5. The number of hydrogen-bond acceptors (Lipinski definition) is 3. The van der Waals surface area contributed by atoms with E-state index in [2.05, 4.69) is 10.1 Å². The third kappa shape index (κ3) is 1.31. The van der Waals surface area contributed by atoms with Gasteiger partial charge >= 0.3 is 0 Å². The molecule has 0 aromatic carbocycles. The molecule has 3 nitrogen and oxygen atoms in total. The quantitative estimate of drug-likeness (QED) is 0.351. The van der Waals surface area contributed by atoms with Crippen LogP contribution in [0.2, 0.25) is 0 Å². The monoisotopic (exact) mass is 135 g/mol. The number of aromatic nitrogens is 1. The van der Waals surface area contributed by atoms with Crippen LogP contribution >= 0.6 is 0 Å². The highest BCUT2D eigenvalue weighted by molar-refractivity contribution is 5.96. The molecule has 0 bridgehead atoms. The highest BCUT2D eigenvalue weighted by Crippen LogP contribution is 1.93. The van der Waals surface area contributed by atoms with Gasteiger partial charge in [-0.15, -0.1) is 0 Å². The van der Waals surface area contributed by atoms with Crippen molar-refractivity contribution in [1.82, 2.24) is 4.98 Å². The summed E-state index contributed by atoms with van der Waals surface area (Å²) in [6.07, 6.45) is 1.71. The number of hydrazone groups is 1. The van der Waals surface area contributed by atoms with Crippen LogP contribution in [-0.2, 0) is 0 Å². The Bertz CT molecular complexity index is 228. The van der Waals surface area contributed by atoms with Gasteiger partial charge in [0.15, 0.2) is 0 Å². The Kier molecular flexibility index (Phi) is 1.99. The highest BCUT2D eigenvalue weighted by atomic mass is 15.1. The lowest BCUT2D eigenvalue weighted by atomic mass is 10.3. The largest absolute Gasteiger partial charge is 0.323 e. The maximum atomic E-state index is 5.05. The fourth-order valence-corrected chi connectivity index (χ4v) is 0.643. The Morgan fingerprint density at radius 2 is 2.40 bits per heavy atom. The lowest BCUT2D eigenvalue weighted by Gasteiger charge is -1.94. The van der Waals surface area contributed by atoms with Crippen molar-refractivity contribution in [3.63, 3.8) is 0 Å². The summed E-state index contributed by atoms with van der Waals surface area (Å²) in [5.41, 5.74) is 1.57. The minimum absolute atomic E-state index is 0.751. The van der Waals surface area contributed by atoms with Crippen molar-refractivity contribution in [2.24, 2.45) is 10.9 Å².